The summed E-state index contributed by atoms with van der Waals surface area (Å²) in [7, 11) is 0. The Bertz CT molecular complexity index is 1280. The van der Waals surface area contributed by atoms with Crippen LogP contribution in [0.25, 0.3) is 0 Å². The zero-order valence-corrected chi connectivity index (χ0v) is 16.1. The number of hydrogen-bond donors (Lipinski definition) is 2. The van der Waals surface area contributed by atoms with Gasteiger partial charge in [-0.25, -0.2) is 0 Å². The summed E-state index contributed by atoms with van der Waals surface area (Å²) in [5.41, 5.74) is 7.23. The highest BCUT2D eigenvalue weighted by Crippen LogP contribution is 2.49. The molecule has 0 amide bonds. The minimum atomic E-state index is -0.972. The number of rotatable bonds is 4. The number of para-hydroxylation sites is 2. The highest BCUT2D eigenvalue weighted by atomic mass is 16.6. The number of fused-ring (bicyclic) bond motifs is 1. The van der Waals surface area contributed by atoms with Crippen LogP contribution in [0.4, 0.5) is 11.4 Å². The third kappa shape index (κ3) is 3.56. The van der Waals surface area contributed by atoms with E-state index in [2.05, 4.69) is 4.99 Å². The van der Waals surface area contributed by atoms with Crippen molar-refractivity contribution in [3.63, 3.8) is 0 Å². The molecule has 31 heavy (non-hydrogen) atoms. The van der Waals surface area contributed by atoms with Crippen molar-refractivity contribution < 1.29 is 14.8 Å². The first-order valence-electron chi connectivity index (χ1n) is 9.27. The number of aromatic hydroxyl groups is 1. The molecule has 1 heterocycles. The van der Waals surface area contributed by atoms with Gasteiger partial charge in [0.15, 0.2) is 0 Å². The molecule has 0 saturated heterocycles. The number of nitrogens with zero attached hydrogens (tertiary/aromatic N) is 3. The molecule has 1 aliphatic heterocycles. The lowest BCUT2D eigenvalue weighted by Crippen LogP contribution is -2.22. The molecule has 0 saturated carbocycles. The van der Waals surface area contributed by atoms with Crippen LogP contribution in [0.5, 0.6) is 11.5 Å². The highest BCUT2D eigenvalue weighted by Gasteiger charge is 2.37. The second kappa shape index (κ2) is 8.00. The molecule has 1 unspecified atom stereocenters. The maximum Gasteiger partial charge on any atom is 0.273 e. The van der Waals surface area contributed by atoms with Crippen molar-refractivity contribution in [1.29, 1.82) is 5.26 Å². The normalized spacial score (nSPS) is 15.3. The number of nitriles is 1. The predicted octanol–water partition coefficient (Wildman–Crippen LogP) is 4.27. The van der Waals surface area contributed by atoms with E-state index in [-0.39, 0.29) is 39.8 Å². The molecule has 0 radical (unpaired) electrons. The van der Waals surface area contributed by atoms with Crippen molar-refractivity contribution in [3.8, 4) is 17.6 Å². The molecule has 1 aliphatic rings. The first-order chi connectivity index (χ1) is 15.0. The summed E-state index contributed by atoms with van der Waals surface area (Å²) in [6.07, 6.45) is 1.48. The lowest BCUT2D eigenvalue weighted by molar-refractivity contribution is -0.385. The van der Waals surface area contributed by atoms with Gasteiger partial charge in [0.2, 0.25) is 5.88 Å². The number of nitro groups is 1. The Balaban J connectivity index is 1.91. The van der Waals surface area contributed by atoms with Crippen LogP contribution in [0, 0.1) is 21.4 Å². The van der Waals surface area contributed by atoms with Crippen LogP contribution in [0.3, 0.4) is 0 Å². The number of hydrogen-bond acceptors (Lipinski definition) is 7. The van der Waals surface area contributed by atoms with Crippen LogP contribution < -0.4 is 10.5 Å². The molecular weight excluding hydrogens is 396 g/mol. The smallest absolute Gasteiger partial charge is 0.273 e. The van der Waals surface area contributed by atoms with Crippen LogP contribution in [0.1, 0.15) is 22.6 Å². The van der Waals surface area contributed by atoms with E-state index in [1.165, 1.54) is 24.4 Å². The fourth-order valence-corrected chi connectivity index (χ4v) is 3.53. The molecule has 8 nitrogen and oxygen atoms in total. The van der Waals surface area contributed by atoms with Crippen LogP contribution in [-0.2, 0) is 0 Å². The largest absolute Gasteiger partial charge is 0.507 e. The summed E-state index contributed by atoms with van der Waals surface area (Å²) in [6, 6.07) is 20.4. The Hall–Kier alpha value is -4.64. The second-order valence-corrected chi connectivity index (χ2v) is 6.75. The average molecular weight is 412 g/mol. The minimum Gasteiger partial charge on any atom is -0.507 e. The summed E-state index contributed by atoms with van der Waals surface area (Å²) in [6.45, 7) is 0. The Morgan fingerprint density at radius 1 is 1.13 bits per heavy atom. The monoisotopic (exact) mass is 412 g/mol. The highest BCUT2D eigenvalue weighted by molar-refractivity contribution is 5.87. The van der Waals surface area contributed by atoms with Gasteiger partial charge in [-0.05, 0) is 24.3 Å². The predicted molar refractivity (Wildman–Crippen MR) is 114 cm³/mol. The Morgan fingerprint density at radius 3 is 2.55 bits per heavy atom. The molecule has 0 spiro atoms. The zero-order valence-electron chi connectivity index (χ0n) is 16.1. The van der Waals surface area contributed by atoms with Crippen molar-refractivity contribution in [2.75, 3.05) is 0 Å². The Morgan fingerprint density at radius 2 is 1.84 bits per heavy atom. The van der Waals surface area contributed by atoms with Crippen molar-refractivity contribution in [3.05, 3.63) is 105 Å². The maximum atomic E-state index is 11.6. The van der Waals surface area contributed by atoms with Crippen LogP contribution in [-0.4, -0.2) is 16.2 Å². The Kier molecular flexibility index (Phi) is 5.08. The number of benzene rings is 3. The number of aliphatic imine (C=N–C) groups is 1. The number of allylic oxidation sites excluding steroid dienone is 1. The van der Waals surface area contributed by atoms with Crippen molar-refractivity contribution >= 4 is 17.6 Å². The van der Waals surface area contributed by atoms with E-state index in [0.717, 1.165) is 0 Å². The summed E-state index contributed by atoms with van der Waals surface area (Å²) < 4.78 is 5.55. The average Bonchev–Trinajstić information content (AvgIpc) is 2.78. The van der Waals surface area contributed by atoms with Gasteiger partial charge in [-0.3, -0.25) is 15.1 Å². The molecule has 3 N–H and O–H groups in total. The zero-order chi connectivity index (χ0) is 22.0. The summed E-state index contributed by atoms with van der Waals surface area (Å²) in [4.78, 5) is 15.4. The summed E-state index contributed by atoms with van der Waals surface area (Å²) in [5.74, 6) is -1.11. The third-order valence-corrected chi connectivity index (χ3v) is 4.94. The number of phenols is 1. The van der Waals surface area contributed by atoms with Gasteiger partial charge in [0.1, 0.15) is 23.1 Å². The van der Waals surface area contributed by atoms with Crippen molar-refractivity contribution in [2.24, 2.45) is 10.7 Å². The van der Waals surface area contributed by atoms with Gasteiger partial charge in [-0.1, -0.05) is 36.4 Å². The summed E-state index contributed by atoms with van der Waals surface area (Å²) in [5, 5.41) is 32.4. The molecule has 1 atom stereocenters. The number of ether oxygens (including phenoxy) is 1. The molecule has 152 valence electrons. The van der Waals surface area contributed by atoms with Crippen molar-refractivity contribution in [2.45, 2.75) is 5.92 Å². The molecule has 3 aromatic rings. The van der Waals surface area contributed by atoms with E-state index in [0.29, 0.717) is 11.3 Å². The van der Waals surface area contributed by atoms with Gasteiger partial charge in [0.25, 0.3) is 5.69 Å². The second-order valence-electron chi connectivity index (χ2n) is 6.75. The van der Waals surface area contributed by atoms with Crippen LogP contribution >= 0.6 is 0 Å². The minimum absolute atomic E-state index is 0.0192. The van der Waals surface area contributed by atoms with E-state index in [1.54, 1.807) is 18.2 Å². The molecule has 0 fully saturated rings. The van der Waals surface area contributed by atoms with E-state index >= 15 is 0 Å². The molecule has 0 bridgehead atoms. The lowest BCUT2D eigenvalue weighted by Gasteiger charge is -2.27. The SMILES string of the molecule is N#CC1=C(N)Oc2ccc(C=Nc3ccccc3)c(O)c2C1c1ccccc1[N+](=O)[O-]. The topological polar surface area (TPSA) is 135 Å². The van der Waals surface area contributed by atoms with Gasteiger partial charge in [0.05, 0.1) is 22.1 Å². The molecule has 0 aromatic heterocycles. The molecule has 8 heteroatoms. The molecular formula is C23H16N4O4. The van der Waals surface area contributed by atoms with Gasteiger partial charge < -0.3 is 15.6 Å². The Labute approximate surface area is 177 Å². The molecule has 3 aromatic carbocycles. The van der Waals surface area contributed by atoms with Crippen LogP contribution in [0.15, 0.2) is 83.2 Å². The standard InChI is InChI=1S/C23H16N4O4/c24-12-17-20(16-8-4-5-9-18(16)27(29)30)21-19(31-23(17)25)11-10-14(22(21)28)13-26-15-6-2-1-3-7-15/h1-11,13,20,28H,25H2. The van der Waals surface area contributed by atoms with Gasteiger partial charge in [-0.2, -0.15) is 5.26 Å². The van der Waals surface area contributed by atoms with E-state index < -0.39 is 10.8 Å². The molecule has 0 aliphatic carbocycles. The number of nitro benzene ring substituents is 1. The molecule has 4 rings (SSSR count). The first kappa shape index (κ1) is 19.7. The van der Waals surface area contributed by atoms with E-state index in [9.17, 15) is 20.5 Å². The quantitative estimate of drug-likeness (QED) is 0.373. The lowest BCUT2D eigenvalue weighted by atomic mass is 9.81. The van der Waals surface area contributed by atoms with Gasteiger partial charge >= 0.3 is 0 Å². The summed E-state index contributed by atoms with van der Waals surface area (Å²) >= 11 is 0. The fraction of sp³-hybridized carbons (Fsp3) is 0.0435. The number of phenolic OH excluding ortho intramolecular Hbond substituents is 1. The number of nitrogens with two attached hydrogens (primary N) is 1. The maximum absolute atomic E-state index is 11.6. The van der Waals surface area contributed by atoms with E-state index in [4.69, 9.17) is 10.5 Å². The van der Waals surface area contributed by atoms with Crippen LogP contribution in [0.2, 0.25) is 0 Å². The first-order valence-corrected chi connectivity index (χ1v) is 9.27. The van der Waals surface area contributed by atoms with Gasteiger partial charge in [-0.15, -0.1) is 0 Å². The fourth-order valence-electron chi connectivity index (χ4n) is 3.53. The van der Waals surface area contributed by atoms with E-state index in [1.807, 2.05) is 36.4 Å². The van der Waals surface area contributed by atoms with Gasteiger partial charge in [0, 0.05) is 23.4 Å². The third-order valence-electron chi connectivity index (χ3n) is 4.94. The van der Waals surface area contributed by atoms with Crippen molar-refractivity contribution in [1.82, 2.24) is 0 Å².